The molecule has 0 fully saturated rings. The minimum absolute atomic E-state index is 0.367. The summed E-state index contributed by atoms with van der Waals surface area (Å²) in [5.74, 6) is 0.812. The van der Waals surface area contributed by atoms with Gasteiger partial charge in [-0.15, -0.1) is 0 Å². The van der Waals surface area contributed by atoms with Crippen LogP contribution in [0.1, 0.15) is 16.9 Å². The fraction of sp³-hybridized carbons (Fsp3) is 0.154. The number of thiocarbonyl (C=S) groups is 1. The van der Waals surface area contributed by atoms with E-state index in [1.807, 2.05) is 18.2 Å². The second-order valence-electron chi connectivity index (χ2n) is 4.19. The van der Waals surface area contributed by atoms with Crippen LogP contribution in [0.5, 0.6) is 0 Å². The Hall–Kier alpha value is -1.25. The highest BCUT2D eigenvalue weighted by Crippen LogP contribution is 2.28. The van der Waals surface area contributed by atoms with Crippen LogP contribution < -0.4 is 10.0 Å². The normalized spacial score (nSPS) is 12.1. The molecule has 0 aliphatic carbocycles. The molecule has 5 nitrogen and oxygen atoms in total. The van der Waals surface area contributed by atoms with Gasteiger partial charge >= 0.3 is 0 Å². The van der Waals surface area contributed by atoms with E-state index in [1.165, 1.54) is 5.37 Å². The lowest BCUT2D eigenvalue weighted by Gasteiger charge is -2.12. The second-order valence-corrected chi connectivity index (χ2v) is 5.51. The van der Waals surface area contributed by atoms with Crippen molar-refractivity contribution in [2.24, 2.45) is 0 Å². The minimum atomic E-state index is -2.19. The molecule has 0 bridgehead atoms. The molecule has 8 heteroatoms. The highest BCUT2D eigenvalue weighted by atomic mass is 35.5. The predicted octanol–water partition coefficient (Wildman–Crippen LogP) is 3.12. The Morgan fingerprint density at radius 3 is 2.86 bits per heavy atom. The number of halogens is 1. The van der Waals surface area contributed by atoms with Gasteiger partial charge in [0.25, 0.3) is 11.3 Å². The molecule has 2 rings (SSSR count). The summed E-state index contributed by atoms with van der Waals surface area (Å²) in [6, 6.07) is 7.13. The lowest BCUT2D eigenvalue weighted by molar-refractivity contribution is 0.483. The second kappa shape index (κ2) is 7.67. The van der Waals surface area contributed by atoms with Crippen LogP contribution in [0.15, 0.2) is 34.9 Å². The first-order valence-corrected chi connectivity index (χ1v) is 7.94. The summed E-state index contributed by atoms with van der Waals surface area (Å²) in [4.78, 5) is 0. The Balaban J connectivity index is 2.13. The molecule has 1 aromatic heterocycles. The zero-order chi connectivity index (χ0) is 15.2. The van der Waals surface area contributed by atoms with Crippen molar-refractivity contribution < 1.29 is 13.2 Å². The molecule has 2 aromatic rings. The summed E-state index contributed by atoms with van der Waals surface area (Å²) in [6.45, 7) is 1.03. The molecule has 1 atom stereocenters. The van der Waals surface area contributed by atoms with E-state index >= 15 is 0 Å². The maximum absolute atomic E-state index is 10.9. The molecule has 0 saturated carbocycles. The summed E-state index contributed by atoms with van der Waals surface area (Å²) in [5.41, 5.74) is 1.87. The fourth-order valence-electron chi connectivity index (χ4n) is 1.81. The van der Waals surface area contributed by atoms with E-state index < -0.39 is 11.3 Å². The van der Waals surface area contributed by atoms with Gasteiger partial charge in [-0.2, -0.15) is 0 Å². The number of furan rings is 1. The summed E-state index contributed by atoms with van der Waals surface area (Å²) < 4.78 is 27.4. The summed E-state index contributed by atoms with van der Waals surface area (Å²) in [7, 11) is 0. The van der Waals surface area contributed by atoms with Crippen LogP contribution in [0.2, 0.25) is 5.02 Å². The van der Waals surface area contributed by atoms with Crippen LogP contribution >= 0.6 is 23.8 Å². The molecule has 0 radical (unpaired) electrons. The molecule has 0 aliphatic heterocycles. The van der Waals surface area contributed by atoms with E-state index in [2.05, 4.69) is 10.0 Å². The predicted molar refractivity (Wildman–Crippen MR) is 87.9 cm³/mol. The maximum atomic E-state index is 10.9. The van der Waals surface area contributed by atoms with Crippen molar-refractivity contribution in [2.45, 2.75) is 13.1 Å². The van der Waals surface area contributed by atoms with Gasteiger partial charge in [-0.3, -0.25) is 9.27 Å². The van der Waals surface area contributed by atoms with Crippen molar-refractivity contribution in [3.63, 3.8) is 0 Å². The summed E-state index contributed by atoms with van der Waals surface area (Å²) >= 11 is 8.93. The van der Waals surface area contributed by atoms with Crippen LogP contribution in [-0.4, -0.2) is 14.1 Å². The van der Waals surface area contributed by atoms with E-state index in [0.29, 0.717) is 23.8 Å². The number of anilines is 1. The van der Waals surface area contributed by atoms with Gasteiger partial charge in [-0.25, -0.2) is 4.21 Å². The van der Waals surface area contributed by atoms with Gasteiger partial charge in [-0.05, 0) is 35.4 Å². The van der Waals surface area contributed by atoms with Crippen molar-refractivity contribution in [1.29, 1.82) is 0 Å². The summed E-state index contributed by atoms with van der Waals surface area (Å²) in [6.07, 6.45) is 1.61. The lowest BCUT2D eigenvalue weighted by Crippen LogP contribution is -2.13. The van der Waals surface area contributed by atoms with Crippen molar-refractivity contribution in [2.75, 3.05) is 4.72 Å². The maximum Gasteiger partial charge on any atom is 0.259 e. The average molecular weight is 345 g/mol. The van der Waals surface area contributed by atoms with E-state index in [-0.39, 0.29) is 0 Å². The topological polar surface area (TPSA) is 74.5 Å². The van der Waals surface area contributed by atoms with Gasteiger partial charge < -0.3 is 9.73 Å². The number of hydrogen-bond donors (Lipinski definition) is 3. The zero-order valence-electron chi connectivity index (χ0n) is 10.8. The molecule has 112 valence electrons. The van der Waals surface area contributed by atoms with Crippen LogP contribution in [0, 0.1) is 0 Å². The number of rotatable bonds is 7. The van der Waals surface area contributed by atoms with Crippen molar-refractivity contribution in [3.8, 4) is 0 Å². The summed E-state index contributed by atoms with van der Waals surface area (Å²) in [5, 5.41) is 5.05. The molecule has 0 saturated heterocycles. The van der Waals surface area contributed by atoms with E-state index in [4.69, 9.17) is 32.8 Å². The number of hydrogen-bond acceptors (Lipinski definition) is 4. The Morgan fingerprint density at radius 2 is 2.24 bits per heavy atom. The molecule has 21 heavy (non-hydrogen) atoms. The van der Waals surface area contributed by atoms with Gasteiger partial charge in [0.15, 0.2) is 0 Å². The molecule has 1 unspecified atom stereocenters. The van der Waals surface area contributed by atoms with Gasteiger partial charge in [0, 0.05) is 11.9 Å². The number of benzene rings is 1. The smallest absolute Gasteiger partial charge is 0.259 e. The largest absolute Gasteiger partial charge is 0.468 e. The molecule has 0 amide bonds. The first-order chi connectivity index (χ1) is 10.1. The van der Waals surface area contributed by atoms with Gasteiger partial charge in [-0.1, -0.05) is 23.8 Å². The van der Waals surface area contributed by atoms with E-state index in [0.717, 1.165) is 16.9 Å². The fourth-order valence-corrected chi connectivity index (χ4v) is 2.57. The minimum Gasteiger partial charge on any atom is -0.468 e. The third kappa shape index (κ3) is 4.62. The van der Waals surface area contributed by atoms with E-state index in [1.54, 1.807) is 12.3 Å². The average Bonchev–Trinajstić information content (AvgIpc) is 2.95. The Labute approximate surface area is 135 Å². The van der Waals surface area contributed by atoms with Gasteiger partial charge in [0.05, 0.1) is 23.5 Å². The number of nitrogens with one attached hydrogen (secondary N) is 2. The van der Waals surface area contributed by atoms with Crippen molar-refractivity contribution in [3.05, 3.63) is 52.4 Å². The third-order valence-electron chi connectivity index (χ3n) is 2.70. The van der Waals surface area contributed by atoms with Crippen molar-refractivity contribution in [1.82, 2.24) is 5.32 Å². The standard InChI is InChI=1S/C13H13ClN2O3S2/c14-13-10(6-15-7-11-2-1-3-19-11)4-9(8-20)5-12(13)16-21(17)18/h1-5,8,15-16H,6-7H2,(H,17,18). The molecule has 0 aliphatic rings. The molecule has 0 spiro atoms. The molecular formula is C13H13ClN2O3S2. The molecule has 1 aromatic carbocycles. The lowest BCUT2D eigenvalue weighted by atomic mass is 10.1. The highest BCUT2D eigenvalue weighted by Gasteiger charge is 2.10. The van der Waals surface area contributed by atoms with Crippen molar-refractivity contribution >= 4 is 46.1 Å². The Morgan fingerprint density at radius 1 is 1.43 bits per heavy atom. The third-order valence-corrected chi connectivity index (χ3v) is 3.81. The molecule has 1 heterocycles. The van der Waals surface area contributed by atoms with Crippen LogP contribution in [-0.2, 0) is 24.4 Å². The Kier molecular flexibility index (Phi) is 5.89. The monoisotopic (exact) mass is 344 g/mol. The SMILES string of the molecule is O=S(O)Nc1cc(C=S)cc(CNCc2ccco2)c1Cl. The molecule has 3 N–H and O–H groups in total. The first-order valence-electron chi connectivity index (χ1n) is 5.98. The van der Waals surface area contributed by atoms with Crippen LogP contribution in [0.3, 0.4) is 0 Å². The Bertz CT molecular complexity index is 647. The van der Waals surface area contributed by atoms with Gasteiger partial charge in [0.2, 0.25) is 0 Å². The zero-order valence-corrected chi connectivity index (χ0v) is 13.2. The van der Waals surface area contributed by atoms with Crippen LogP contribution in [0.25, 0.3) is 0 Å². The van der Waals surface area contributed by atoms with E-state index in [9.17, 15) is 4.21 Å². The van der Waals surface area contributed by atoms with Crippen LogP contribution in [0.4, 0.5) is 5.69 Å². The first kappa shape index (κ1) is 16.1. The highest BCUT2D eigenvalue weighted by molar-refractivity contribution is 7.80. The molecular weight excluding hydrogens is 332 g/mol. The van der Waals surface area contributed by atoms with Gasteiger partial charge in [0.1, 0.15) is 5.76 Å². The quantitative estimate of drug-likeness (QED) is 0.531.